The molecule has 3 rings (SSSR count). The SMILES string of the molecule is CCNC(=NCc1ccc2c(c1)OCO2)NCC1(C)CC1.I. The number of aliphatic imine (C=N–C) groups is 1. The Bertz CT molecular complexity index is 544. The second-order valence-corrected chi connectivity index (χ2v) is 6.05. The first-order valence-electron chi connectivity index (χ1n) is 7.59. The Morgan fingerprint density at radius 1 is 1.23 bits per heavy atom. The number of rotatable bonds is 5. The molecule has 1 aromatic rings. The highest BCUT2D eigenvalue weighted by Crippen LogP contribution is 2.44. The number of nitrogens with zero attached hydrogens (tertiary/aromatic N) is 1. The predicted octanol–water partition coefficient (Wildman–Crippen LogP) is 2.89. The maximum absolute atomic E-state index is 5.39. The van der Waals surface area contributed by atoms with Gasteiger partial charge in [-0.05, 0) is 42.9 Å². The molecule has 0 saturated heterocycles. The summed E-state index contributed by atoms with van der Waals surface area (Å²) in [5, 5.41) is 6.72. The molecule has 0 spiro atoms. The zero-order valence-corrected chi connectivity index (χ0v) is 15.5. The van der Waals surface area contributed by atoms with E-state index >= 15 is 0 Å². The summed E-state index contributed by atoms with van der Waals surface area (Å²) in [7, 11) is 0. The van der Waals surface area contributed by atoms with Crippen molar-refractivity contribution in [3.8, 4) is 11.5 Å². The molecule has 122 valence electrons. The highest BCUT2D eigenvalue weighted by atomic mass is 127. The van der Waals surface area contributed by atoms with Crippen LogP contribution in [-0.4, -0.2) is 25.8 Å². The second kappa shape index (κ2) is 7.39. The number of halogens is 1. The Morgan fingerprint density at radius 2 is 2.00 bits per heavy atom. The molecule has 22 heavy (non-hydrogen) atoms. The van der Waals surface area contributed by atoms with Gasteiger partial charge in [0.25, 0.3) is 0 Å². The quantitative estimate of drug-likeness (QED) is 0.440. The number of benzene rings is 1. The van der Waals surface area contributed by atoms with Crippen LogP contribution in [0.4, 0.5) is 0 Å². The first-order valence-corrected chi connectivity index (χ1v) is 7.59. The highest BCUT2D eigenvalue weighted by molar-refractivity contribution is 14.0. The lowest BCUT2D eigenvalue weighted by molar-refractivity contribution is 0.174. The molecule has 0 radical (unpaired) electrons. The summed E-state index contributed by atoms with van der Waals surface area (Å²) in [6.45, 7) is 7.18. The molecule has 1 heterocycles. The summed E-state index contributed by atoms with van der Waals surface area (Å²) in [6.07, 6.45) is 2.61. The van der Waals surface area contributed by atoms with Crippen LogP contribution in [-0.2, 0) is 6.54 Å². The van der Waals surface area contributed by atoms with Gasteiger partial charge in [-0.15, -0.1) is 24.0 Å². The van der Waals surface area contributed by atoms with Crippen molar-refractivity contribution in [1.29, 1.82) is 0 Å². The van der Waals surface area contributed by atoms with Crippen LogP contribution < -0.4 is 20.1 Å². The number of guanidine groups is 1. The lowest BCUT2D eigenvalue weighted by Crippen LogP contribution is -2.39. The van der Waals surface area contributed by atoms with E-state index in [2.05, 4.69) is 29.5 Å². The summed E-state index contributed by atoms with van der Waals surface area (Å²) < 4.78 is 10.7. The third-order valence-corrected chi connectivity index (χ3v) is 3.99. The molecular formula is C16H24IN3O2. The third kappa shape index (κ3) is 4.41. The third-order valence-electron chi connectivity index (χ3n) is 3.99. The minimum absolute atomic E-state index is 0. The molecule has 0 bridgehead atoms. The zero-order chi connectivity index (χ0) is 14.7. The van der Waals surface area contributed by atoms with Crippen molar-refractivity contribution in [2.75, 3.05) is 19.9 Å². The van der Waals surface area contributed by atoms with Crippen molar-refractivity contribution in [2.24, 2.45) is 10.4 Å². The monoisotopic (exact) mass is 417 g/mol. The number of nitrogens with one attached hydrogen (secondary N) is 2. The van der Waals surface area contributed by atoms with E-state index in [4.69, 9.17) is 9.47 Å². The molecule has 1 fully saturated rings. The molecule has 6 heteroatoms. The molecule has 1 aromatic carbocycles. The van der Waals surface area contributed by atoms with Crippen molar-refractivity contribution >= 4 is 29.9 Å². The first kappa shape index (κ1) is 17.2. The maximum Gasteiger partial charge on any atom is 0.231 e. The van der Waals surface area contributed by atoms with Crippen molar-refractivity contribution in [3.05, 3.63) is 23.8 Å². The molecule has 1 aliphatic heterocycles. The Labute approximate surface area is 148 Å². The van der Waals surface area contributed by atoms with E-state index in [0.717, 1.165) is 36.1 Å². The van der Waals surface area contributed by atoms with Gasteiger partial charge in [-0.2, -0.15) is 0 Å². The van der Waals surface area contributed by atoms with Crippen molar-refractivity contribution in [3.63, 3.8) is 0 Å². The Balaban J connectivity index is 0.00000176. The van der Waals surface area contributed by atoms with Gasteiger partial charge in [-0.25, -0.2) is 4.99 Å². The fourth-order valence-corrected chi connectivity index (χ4v) is 2.24. The van der Waals surface area contributed by atoms with E-state index in [9.17, 15) is 0 Å². The second-order valence-electron chi connectivity index (χ2n) is 6.05. The average Bonchev–Trinajstić information content (AvgIpc) is 3.04. The molecule has 0 amide bonds. The normalized spacial score (nSPS) is 17.6. The Kier molecular flexibility index (Phi) is 5.77. The van der Waals surface area contributed by atoms with E-state index < -0.39 is 0 Å². The van der Waals surface area contributed by atoms with Gasteiger partial charge in [0.2, 0.25) is 6.79 Å². The largest absolute Gasteiger partial charge is 0.454 e. The topological polar surface area (TPSA) is 54.9 Å². The van der Waals surface area contributed by atoms with Gasteiger partial charge in [0, 0.05) is 13.1 Å². The molecule has 0 unspecified atom stereocenters. The lowest BCUT2D eigenvalue weighted by atomic mass is 10.1. The van der Waals surface area contributed by atoms with Gasteiger partial charge in [0.1, 0.15) is 0 Å². The van der Waals surface area contributed by atoms with Crippen LogP contribution in [0, 0.1) is 5.41 Å². The Hall–Kier alpha value is -1.18. The van der Waals surface area contributed by atoms with Gasteiger partial charge >= 0.3 is 0 Å². The van der Waals surface area contributed by atoms with E-state index in [1.807, 2.05) is 18.2 Å². The molecule has 5 nitrogen and oxygen atoms in total. The molecule has 1 aliphatic carbocycles. The number of fused-ring (bicyclic) bond motifs is 1. The highest BCUT2D eigenvalue weighted by Gasteiger charge is 2.36. The number of hydrogen-bond acceptors (Lipinski definition) is 3. The van der Waals surface area contributed by atoms with Crippen LogP contribution in [0.3, 0.4) is 0 Å². The van der Waals surface area contributed by atoms with E-state index in [1.165, 1.54) is 12.8 Å². The Morgan fingerprint density at radius 3 is 2.73 bits per heavy atom. The van der Waals surface area contributed by atoms with Crippen LogP contribution in [0.2, 0.25) is 0 Å². The number of ether oxygens (including phenoxy) is 2. The lowest BCUT2D eigenvalue weighted by Gasteiger charge is -2.14. The molecule has 0 aromatic heterocycles. The van der Waals surface area contributed by atoms with Crippen molar-refractivity contribution in [2.45, 2.75) is 33.2 Å². The average molecular weight is 417 g/mol. The molecule has 0 atom stereocenters. The summed E-state index contributed by atoms with van der Waals surface area (Å²) >= 11 is 0. The molecule has 2 N–H and O–H groups in total. The minimum atomic E-state index is 0. The molecule has 1 saturated carbocycles. The van der Waals surface area contributed by atoms with E-state index in [-0.39, 0.29) is 24.0 Å². The van der Waals surface area contributed by atoms with Crippen LogP contribution in [0.25, 0.3) is 0 Å². The molecule has 2 aliphatic rings. The fraction of sp³-hybridized carbons (Fsp3) is 0.562. The summed E-state index contributed by atoms with van der Waals surface area (Å²) in [6, 6.07) is 5.97. The first-order chi connectivity index (χ1) is 10.2. The standard InChI is InChI=1S/C16H23N3O2.HI/c1-3-17-15(19-10-16(2)6-7-16)18-9-12-4-5-13-14(8-12)21-11-20-13;/h4-5,8H,3,6-7,9-11H2,1-2H3,(H2,17,18,19);1H. The summed E-state index contributed by atoms with van der Waals surface area (Å²) in [4.78, 5) is 4.64. The number of hydrogen-bond donors (Lipinski definition) is 2. The van der Waals surface area contributed by atoms with Gasteiger partial charge < -0.3 is 20.1 Å². The van der Waals surface area contributed by atoms with Crippen LogP contribution in [0.15, 0.2) is 23.2 Å². The van der Waals surface area contributed by atoms with E-state index in [1.54, 1.807) is 0 Å². The van der Waals surface area contributed by atoms with Crippen LogP contribution >= 0.6 is 24.0 Å². The van der Waals surface area contributed by atoms with Crippen molar-refractivity contribution < 1.29 is 9.47 Å². The van der Waals surface area contributed by atoms with Gasteiger partial charge in [0.15, 0.2) is 17.5 Å². The zero-order valence-electron chi connectivity index (χ0n) is 13.1. The smallest absolute Gasteiger partial charge is 0.231 e. The predicted molar refractivity (Wildman–Crippen MR) is 98.1 cm³/mol. The van der Waals surface area contributed by atoms with Gasteiger partial charge in [-0.3, -0.25) is 0 Å². The maximum atomic E-state index is 5.39. The molecular weight excluding hydrogens is 393 g/mol. The van der Waals surface area contributed by atoms with Gasteiger partial charge in [-0.1, -0.05) is 13.0 Å². The fourth-order valence-electron chi connectivity index (χ4n) is 2.24. The minimum Gasteiger partial charge on any atom is -0.454 e. The summed E-state index contributed by atoms with van der Waals surface area (Å²) in [5.74, 6) is 2.50. The van der Waals surface area contributed by atoms with Gasteiger partial charge in [0.05, 0.1) is 6.54 Å². The van der Waals surface area contributed by atoms with Crippen LogP contribution in [0.1, 0.15) is 32.3 Å². The summed E-state index contributed by atoms with van der Waals surface area (Å²) in [5.41, 5.74) is 1.59. The van der Waals surface area contributed by atoms with E-state index in [0.29, 0.717) is 18.8 Å². The van der Waals surface area contributed by atoms with Crippen molar-refractivity contribution in [1.82, 2.24) is 10.6 Å². The van der Waals surface area contributed by atoms with Crippen LogP contribution in [0.5, 0.6) is 11.5 Å².